The molecule has 9 nitrogen and oxygen atoms in total. The van der Waals surface area contributed by atoms with Crippen LogP contribution in [0.1, 0.15) is 22.5 Å². The first kappa shape index (κ1) is 21.9. The predicted octanol–water partition coefficient (Wildman–Crippen LogP) is 4.01. The van der Waals surface area contributed by atoms with Gasteiger partial charge in [0.05, 0.1) is 28.1 Å². The molecule has 2 heterocycles. The van der Waals surface area contributed by atoms with Crippen molar-refractivity contribution in [2.75, 3.05) is 13.6 Å². The minimum atomic E-state index is -0.469. The van der Waals surface area contributed by atoms with E-state index < -0.39 is 4.92 Å². The molecule has 2 aromatic heterocycles. The number of nitrogens with one attached hydrogen (secondary N) is 1. The third-order valence-electron chi connectivity index (χ3n) is 5.21. The Kier molecular flexibility index (Phi) is 6.25. The highest BCUT2D eigenvalue weighted by Crippen LogP contribution is 2.19. The molecule has 0 atom stereocenters. The van der Waals surface area contributed by atoms with Crippen LogP contribution in [0.4, 0.5) is 10.1 Å². The van der Waals surface area contributed by atoms with Crippen LogP contribution in [0.2, 0.25) is 0 Å². The Hall–Kier alpha value is -4.34. The van der Waals surface area contributed by atoms with E-state index in [9.17, 15) is 19.3 Å². The molecule has 2 aromatic carbocycles. The van der Waals surface area contributed by atoms with Crippen LogP contribution in [0, 0.1) is 15.9 Å². The van der Waals surface area contributed by atoms with Crippen molar-refractivity contribution in [3.8, 4) is 16.9 Å². The second-order valence-electron chi connectivity index (χ2n) is 7.56. The number of aromatic amines is 1. The van der Waals surface area contributed by atoms with Crippen LogP contribution in [-0.4, -0.2) is 49.3 Å². The first-order valence-electron chi connectivity index (χ1n) is 10.3. The summed E-state index contributed by atoms with van der Waals surface area (Å²) in [4.78, 5) is 24.7. The number of hydrogen-bond donors (Lipinski definition) is 1. The second kappa shape index (κ2) is 9.43. The Morgan fingerprint density at radius 2 is 1.91 bits per heavy atom. The number of halogens is 1. The van der Waals surface area contributed by atoms with Crippen LogP contribution in [0.15, 0.2) is 67.0 Å². The van der Waals surface area contributed by atoms with Crippen molar-refractivity contribution in [3.05, 3.63) is 94.2 Å². The summed E-state index contributed by atoms with van der Waals surface area (Å²) in [5.41, 5.74) is 3.55. The zero-order chi connectivity index (χ0) is 23.4. The quantitative estimate of drug-likeness (QED) is 0.323. The Balaban J connectivity index is 1.31. The van der Waals surface area contributed by atoms with Gasteiger partial charge in [0, 0.05) is 43.2 Å². The minimum absolute atomic E-state index is 0.0102. The average Bonchev–Trinajstić information content (AvgIpc) is 3.49. The molecule has 0 aliphatic carbocycles. The number of rotatable bonds is 8. The van der Waals surface area contributed by atoms with Crippen molar-refractivity contribution in [1.29, 1.82) is 0 Å². The maximum atomic E-state index is 13.1. The summed E-state index contributed by atoms with van der Waals surface area (Å²) in [6.07, 6.45) is 4.51. The van der Waals surface area contributed by atoms with Crippen molar-refractivity contribution in [1.82, 2.24) is 24.9 Å². The van der Waals surface area contributed by atoms with Gasteiger partial charge in [-0.1, -0.05) is 0 Å². The molecule has 0 aliphatic heterocycles. The maximum absolute atomic E-state index is 13.1. The minimum Gasteiger partial charge on any atom is -0.342 e. The molecule has 0 spiro atoms. The van der Waals surface area contributed by atoms with Gasteiger partial charge in [-0.15, -0.1) is 0 Å². The summed E-state index contributed by atoms with van der Waals surface area (Å²) in [5.74, 6) is -0.458. The van der Waals surface area contributed by atoms with Gasteiger partial charge in [0.2, 0.25) is 0 Å². The molecular formula is C23H21FN6O3. The number of carbonyl (C=O) groups is 1. The third-order valence-corrected chi connectivity index (χ3v) is 5.21. The highest BCUT2D eigenvalue weighted by molar-refractivity contribution is 5.93. The molecule has 4 rings (SSSR count). The molecule has 1 amide bonds. The largest absolute Gasteiger partial charge is 0.342 e. The number of aromatic nitrogens is 4. The number of carbonyl (C=O) groups excluding carboxylic acids is 1. The molecule has 0 radical (unpaired) electrons. The lowest BCUT2D eigenvalue weighted by Gasteiger charge is -2.15. The van der Waals surface area contributed by atoms with Crippen LogP contribution >= 0.6 is 0 Å². The van der Waals surface area contributed by atoms with E-state index in [1.54, 1.807) is 42.4 Å². The van der Waals surface area contributed by atoms with E-state index in [-0.39, 0.29) is 17.4 Å². The van der Waals surface area contributed by atoms with Crippen molar-refractivity contribution in [3.63, 3.8) is 0 Å². The molecule has 0 aliphatic rings. The number of aryl methyl sites for hydroxylation is 1. The first-order valence-corrected chi connectivity index (χ1v) is 10.3. The maximum Gasteiger partial charge on any atom is 0.269 e. The normalized spacial score (nSPS) is 10.8. The number of H-pyrrole nitrogens is 1. The van der Waals surface area contributed by atoms with E-state index in [2.05, 4.69) is 15.3 Å². The number of benzene rings is 2. The monoisotopic (exact) mass is 448 g/mol. The number of amides is 1. The zero-order valence-electron chi connectivity index (χ0n) is 17.8. The van der Waals surface area contributed by atoms with Gasteiger partial charge in [0.1, 0.15) is 5.82 Å². The van der Waals surface area contributed by atoms with Gasteiger partial charge in [-0.2, -0.15) is 10.2 Å². The fourth-order valence-corrected chi connectivity index (χ4v) is 3.39. The van der Waals surface area contributed by atoms with Crippen LogP contribution in [-0.2, 0) is 6.42 Å². The highest BCUT2D eigenvalue weighted by Gasteiger charge is 2.15. The highest BCUT2D eigenvalue weighted by atomic mass is 19.1. The number of nitrogens with zero attached hydrogens (tertiary/aromatic N) is 5. The molecule has 168 valence electrons. The fraction of sp³-hybridized carbons (Fsp3) is 0.174. The van der Waals surface area contributed by atoms with E-state index in [1.807, 2.05) is 6.07 Å². The van der Waals surface area contributed by atoms with Gasteiger partial charge in [-0.3, -0.25) is 20.0 Å². The van der Waals surface area contributed by atoms with E-state index in [0.29, 0.717) is 24.2 Å². The van der Waals surface area contributed by atoms with E-state index in [0.717, 1.165) is 23.4 Å². The number of nitro benzene ring substituents is 1. The van der Waals surface area contributed by atoms with Crippen LogP contribution in [0.3, 0.4) is 0 Å². The van der Waals surface area contributed by atoms with Crippen molar-refractivity contribution >= 4 is 11.6 Å². The smallest absolute Gasteiger partial charge is 0.269 e. The second-order valence-corrected chi connectivity index (χ2v) is 7.56. The Morgan fingerprint density at radius 3 is 2.61 bits per heavy atom. The summed E-state index contributed by atoms with van der Waals surface area (Å²) >= 11 is 0. The van der Waals surface area contributed by atoms with Crippen LogP contribution in [0.5, 0.6) is 0 Å². The third kappa shape index (κ3) is 5.12. The Bertz CT molecular complexity index is 1260. The molecular weight excluding hydrogens is 427 g/mol. The van der Waals surface area contributed by atoms with E-state index >= 15 is 0 Å². The number of hydrogen-bond acceptors (Lipinski definition) is 5. The summed E-state index contributed by atoms with van der Waals surface area (Å²) in [5, 5.41) is 22.2. The number of nitro groups is 1. The summed E-state index contributed by atoms with van der Waals surface area (Å²) < 4.78 is 14.6. The Labute approximate surface area is 188 Å². The molecule has 1 N–H and O–H groups in total. The van der Waals surface area contributed by atoms with E-state index in [4.69, 9.17) is 0 Å². The van der Waals surface area contributed by atoms with Gasteiger partial charge in [0.25, 0.3) is 11.6 Å². The SMILES string of the molecule is CN(CCCc1cc(-c2ccc(F)cc2)n[nH]1)C(=O)c1cnn(-c2ccc([N+](=O)[O-])cc2)c1. The van der Waals surface area contributed by atoms with Crippen molar-refractivity contribution in [2.45, 2.75) is 12.8 Å². The summed E-state index contributed by atoms with van der Waals surface area (Å²) in [6, 6.07) is 14.0. The van der Waals surface area contributed by atoms with Crippen LogP contribution < -0.4 is 0 Å². The molecule has 0 fully saturated rings. The number of non-ortho nitro benzene ring substituents is 1. The Morgan fingerprint density at radius 1 is 1.18 bits per heavy atom. The van der Waals surface area contributed by atoms with Crippen LogP contribution in [0.25, 0.3) is 16.9 Å². The fourth-order valence-electron chi connectivity index (χ4n) is 3.39. The molecule has 0 unspecified atom stereocenters. The lowest BCUT2D eigenvalue weighted by molar-refractivity contribution is -0.384. The molecule has 0 saturated heterocycles. The first-order chi connectivity index (χ1) is 15.9. The topological polar surface area (TPSA) is 110 Å². The average molecular weight is 448 g/mol. The molecule has 0 bridgehead atoms. The standard InChI is InChI=1S/C23H21FN6O3/c1-28(12-2-3-19-13-22(27-26-19)16-4-6-18(24)7-5-16)23(31)17-14-25-29(15-17)20-8-10-21(11-9-20)30(32)33/h4-11,13-15H,2-3,12H2,1H3,(H,26,27). The van der Waals surface area contributed by atoms with Crippen molar-refractivity contribution in [2.24, 2.45) is 0 Å². The summed E-state index contributed by atoms with van der Waals surface area (Å²) in [7, 11) is 1.72. The lowest BCUT2D eigenvalue weighted by atomic mass is 10.1. The molecule has 10 heteroatoms. The van der Waals surface area contributed by atoms with Crippen molar-refractivity contribution < 1.29 is 14.1 Å². The zero-order valence-corrected chi connectivity index (χ0v) is 17.8. The van der Waals surface area contributed by atoms with Gasteiger partial charge in [0.15, 0.2) is 0 Å². The van der Waals surface area contributed by atoms with Gasteiger partial charge >= 0.3 is 0 Å². The van der Waals surface area contributed by atoms with Gasteiger partial charge in [-0.05, 0) is 55.3 Å². The van der Waals surface area contributed by atoms with E-state index in [1.165, 1.54) is 35.1 Å². The molecule has 33 heavy (non-hydrogen) atoms. The molecule has 4 aromatic rings. The van der Waals surface area contributed by atoms with Gasteiger partial charge < -0.3 is 4.90 Å². The predicted molar refractivity (Wildman–Crippen MR) is 119 cm³/mol. The summed E-state index contributed by atoms with van der Waals surface area (Å²) in [6.45, 7) is 0.534. The molecule has 0 saturated carbocycles. The van der Waals surface area contributed by atoms with Gasteiger partial charge in [-0.25, -0.2) is 9.07 Å². The lowest BCUT2D eigenvalue weighted by Crippen LogP contribution is -2.27.